The molecule has 0 bridgehead atoms. The van der Waals surface area contributed by atoms with E-state index in [2.05, 4.69) is 16.8 Å². The van der Waals surface area contributed by atoms with Gasteiger partial charge in [0.2, 0.25) is 0 Å². The van der Waals surface area contributed by atoms with E-state index >= 15 is 0 Å². The lowest BCUT2D eigenvalue weighted by Crippen LogP contribution is -2.53. The Hall–Kier alpha value is -1.13. The van der Waals surface area contributed by atoms with Gasteiger partial charge in [0.15, 0.2) is 0 Å². The van der Waals surface area contributed by atoms with E-state index < -0.39 is 6.10 Å². The maximum absolute atomic E-state index is 10.4. The number of hydrogen-bond acceptors (Lipinski definition) is 4. The molecule has 0 aromatic carbocycles. The SMILES string of the molecule is CCC[C@]1(CO)CCN(c2cccc(C)n2)C[C@H]1O. The summed E-state index contributed by atoms with van der Waals surface area (Å²) in [7, 11) is 0. The van der Waals surface area contributed by atoms with Gasteiger partial charge in [-0.25, -0.2) is 4.98 Å². The third kappa shape index (κ3) is 2.90. The van der Waals surface area contributed by atoms with Crippen molar-refractivity contribution < 1.29 is 10.2 Å². The van der Waals surface area contributed by atoms with E-state index in [0.717, 1.165) is 37.3 Å². The molecule has 0 unspecified atom stereocenters. The maximum atomic E-state index is 10.4. The molecule has 19 heavy (non-hydrogen) atoms. The van der Waals surface area contributed by atoms with Crippen LogP contribution in [0.4, 0.5) is 5.82 Å². The number of anilines is 1. The minimum absolute atomic E-state index is 0.0666. The van der Waals surface area contributed by atoms with Crippen LogP contribution in [-0.4, -0.2) is 41.0 Å². The van der Waals surface area contributed by atoms with Crippen molar-refractivity contribution in [2.24, 2.45) is 5.41 Å². The molecule has 0 spiro atoms. The molecular weight excluding hydrogens is 240 g/mol. The van der Waals surface area contributed by atoms with Gasteiger partial charge in [0.05, 0.1) is 12.7 Å². The Morgan fingerprint density at radius 2 is 2.26 bits per heavy atom. The number of aliphatic hydroxyl groups is 2. The van der Waals surface area contributed by atoms with E-state index in [4.69, 9.17) is 0 Å². The number of pyridine rings is 1. The molecular formula is C15H24N2O2. The van der Waals surface area contributed by atoms with E-state index in [1.54, 1.807) is 0 Å². The quantitative estimate of drug-likeness (QED) is 0.869. The van der Waals surface area contributed by atoms with Crippen molar-refractivity contribution in [1.29, 1.82) is 0 Å². The van der Waals surface area contributed by atoms with Gasteiger partial charge in [0, 0.05) is 24.2 Å². The highest BCUT2D eigenvalue weighted by Gasteiger charge is 2.41. The average Bonchev–Trinajstić information content (AvgIpc) is 2.41. The lowest BCUT2D eigenvalue weighted by molar-refractivity contribution is -0.0372. The summed E-state index contributed by atoms with van der Waals surface area (Å²) in [5, 5.41) is 20.1. The van der Waals surface area contributed by atoms with E-state index in [0.29, 0.717) is 6.54 Å². The first-order chi connectivity index (χ1) is 9.11. The number of piperidine rings is 1. The van der Waals surface area contributed by atoms with Crippen LogP contribution in [0.3, 0.4) is 0 Å². The Labute approximate surface area is 115 Å². The van der Waals surface area contributed by atoms with Crippen molar-refractivity contribution in [3.63, 3.8) is 0 Å². The molecule has 106 valence electrons. The van der Waals surface area contributed by atoms with Crippen molar-refractivity contribution in [2.45, 2.75) is 39.2 Å². The lowest BCUT2D eigenvalue weighted by atomic mass is 9.73. The van der Waals surface area contributed by atoms with Gasteiger partial charge in [0.25, 0.3) is 0 Å². The summed E-state index contributed by atoms with van der Waals surface area (Å²) >= 11 is 0. The molecule has 1 aromatic rings. The zero-order valence-corrected chi connectivity index (χ0v) is 11.8. The van der Waals surface area contributed by atoms with Gasteiger partial charge in [-0.15, -0.1) is 0 Å². The highest BCUT2D eigenvalue weighted by molar-refractivity contribution is 5.40. The van der Waals surface area contributed by atoms with Gasteiger partial charge < -0.3 is 15.1 Å². The van der Waals surface area contributed by atoms with Crippen LogP contribution in [0.1, 0.15) is 31.9 Å². The Morgan fingerprint density at radius 3 is 2.84 bits per heavy atom. The number of hydrogen-bond donors (Lipinski definition) is 2. The molecule has 1 aromatic heterocycles. The molecule has 2 rings (SSSR count). The van der Waals surface area contributed by atoms with Crippen molar-refractivity contribution >= 4 is 5.82 Å². The summed E-state index contributed by atoms with van der Waals surface area (Å²) in [6.45, 7) is 5.53. The smallest absolute Gasteiger partial charge is 0.128 e. The highest BCUT2D eigenvalue weighted by atomic mass is 16.3. The molecule has 0 saturated carbocycles. The average molecular weight is 264 g/mol. The van der Waals surface area contributed by atoms with Crippen LogP contribution in [0.5, 0.6) is 0 Å². The molecule has 0 amide bonds. The fourth-order valence-electron chi connectivity index (χ4n) is 2.98. The zero-order valence-electron chi connectivity index (χ0n) is 11.8. The fourth-order valence-corrected chi connectivity index (χ4v) is 2.98. The van der Waals surface area contributed by atoms with Gasteiger partial charge in [-0.2, -0.15) is 0 Å². The second kappa shape index (κ2) is 5.88. The molecule has 2 atom stereocenters. The number of nitrogens with zero attached hydrogens (tertiary/aromatic N) is 2. The van der Waals surface area contributed by atoms with Crippen LogP contribution >= 0.6 is 0 Å². The van der Waals surface area contributed by atoms with Crippen molar-refractivity contribution in [3.8, 4) is 0 Å². The molecule has 1 fully saturated rings. The van der Waals surface area contributed by atoms with E-state index in [9.17, 15) is 10.2 Å². The predicted octanol–water partition coefficient (Wildman–Crippen LogP) is 1.74. The van der Waals surface area contributed by atoms with Crippen LogP contribution in [0, 0.1) is 12.3 Å². The first-order valence-corrected chi connectivity index (χ1v) is 7.09. The number of rotatable bonds is 4. The third-order valence-electron chi connectivity index (χ3n) is 4.24. The van der Waals surface area contributed by atoms with E-state index in [1.165, 1.54) is 0 Å². The maximum Gasteiger partial charge on any atom is 0.128 e. The molecule has 2 N–H and O–H groups in total. The van der Waals surface area contributed by atoms with Crippen LogP contribution in [0.15, 0.2) is 18.2 Å². The molecule has 1 aliphatic heterocycles. The van der Waals surface area contributed by atoms with Gasteiger partial charge in [-0.3, -0.25) is 0 Å². The van der Waals surface area contributed by atoms with Crippen LogP contribution in [0.25, 0.3) is 0 Å². The third-order valence-corrected chi connectivity index (χ3v) is 4.24. The predicted molar refractivity (Wildman–Crippen MR) is 76.2 cm³/mol. The van der Waals surface area contributed by atoms with Crippen LogP contribution in [-0.2, 0) is 0 Å². The molecule has 2 heterocycles. The van der Waals surface area contributed by atoms with Crippen LogP contribution < -0.4 is 4.90 Å². The first-order valence-electron chi connectivity index (χ1n) is 7.09. The standard InChI is InChI=1S/C15H24N2O2/c1-3-7-15(11-18)8-9-17(10-13(15)19)14-6-4-5-12(2)16-14/h4-6,13,18-19H,3,7-11H2,1-2H3/t13-,15-/m1/s1. The molecule has 4 heteroatoms. The van der Waals surface area contributed by atoms with Gasteiger partial charge in [-0.1, -0.05) is 19.4 Å². The Kier molecular flexibility index (Phi) is 4.42. The molecule has 1 saturated heterocycles. The van der Waals surface area contributed by atoms with Crippen molar-refractivity contribution in [1.82, 2.24) is 4.98 Å². The number of aryl methyl sites for hydroxylation is 1. The Balaban J connectivity index is 2.11. The second-order valence-corrected chi connectivity index (χ2v) is 5.62. The summed E-state index contributed by atoms with van der Waals surface area (Å²) in [4.78, 5) is 6.62. The second-order valence-electron chi connectivity index (χ2n) is 5.62. The first kappa shape index (κ1) is 14.3. The monoisotopic (exact) mass is 264 g/mol. The lowest BCUT2D eigenvalue weighted by Gasteiger charge is -2.45. The largest absolute Gasteiger partial charge is 0.396 e. The molecule has 1 aliphatic rings. The van der Waals surface area contributed by atoms with E-state index in [-0.39, 0.29) is 12.0 Å². The van der Waals surface area contributed by atoms with Crippen molar-refractivity contribution in [3.05, 3.63) is 23.9 Å². The normalized spacial score (nSPS) is 27.6. The van der Waals surface area contributed by atoms with E-state index in [1.807, 2.05) is 25.1 Å². The van der Waals surface area contributed by atoms with Gasteiger partial charge in [0.1, 0.15) is 5.82 Å². The number of β-amino-alcohol motifs (C(OH)–C–C–N with tert-alkyl or cyclic N) is 1. The van der Waals surface area contributed by atoms with Gasteiger partial charge >= 0.3 is 0 Å². The Morgan fingerprint density at radius 1 is 1.47 bits per heavy atom. The molecule has 0 aliphatic carbocycles. The zero-order chi connectivity index (χ0) is 13.9. The number of aliphatic hydroxyl groups excluding tert-OH is 2. The van der Waals surface area contributed by atoms with Crippen molar-refractivity contribution in [2.75, 3.05) is 24.6 Å². The Bertz CT molecular complexity index is 424. The summed E-state index contributed by atoms with van der Waals surface area (Å²) in [6, 6.07) is 5.94. The topological polar surface area (TPSA) is 56.6 Å². The van der Waals surface area contributed by atoms with Crippen LogP contribution in [0.2, 0.25) is 0 Å². The number of aromatic nitrogens is 1. The summed E-state index contributed by atoms with van der Waals surface area (Å²) in [6.07, 6.45) is 2.18. The summed E-state index contributed by atoms with van der Waals surface area (Å²) in [5.41, 5.74) is 0.661. The minimum Gasteiger partial charge on any atom is -0.396 e. The fraction of sp³-hybridized carbons (Fsp3) is 0.667. The molecule has 4 nitrogen and oxygen atoms in total. The minimum atomic E-state index is -0.492. The highest BCUT2D eigenvalue weighted by Crippen LogP contribution is 2.37. The summed E-state index contributed by atoms with van der Waals surface area (Å²) in [5.74, 6) is 0.919. The molecule has 0 radical (unpaired) electrons. The van der Waals surface area contributed by atoms with Gasteiger partial charge in [-0.05, 0) is 31.9 Å². The summed E-state index contributed by atoms with van der Waals surface area (Å²) < 4.78 is 0.